The molecule has 1 rings (SSSR count). The SMILES string of the molecule is Cc1ccccc1[CH]CC(=O)NCC(C)(C)C. The van der Waals surface area contributed by atoms with Crippen LogP contribution in [0.15, 0.2) is 24.3 Å². The van der Waals surface area contributed by atoms with Gasteiger partial charge in [-0.25, -0.2) is 0 Å². The van der Waals surface area contributed by atoms with Crippen LogP contribution < -0.4 is 5.32 Å². The van der Waals surface area contributed by atoms with E-state index in [4.69, 9.17) is 0 Å². The zero-order valence-corrected chi connectivity index (χ0v) is 11.2. The van der Waals surface area contributed by atoms with E-state index >= 15 is 0 Å². The van der Waals surface area contributed by atoms with E-state index in [1.807, 2.05) is 24.6 Å². The molecule has 1 radical (unpaired) electrons. The molecule has 1 aromatic rings. The number of amides is 1. The van der Waals surface area contributed by atoms with Crippen molar-refractivity contribution in [1.29, 1.82) is 0 Å². The molecule has 0 bridgehead atoms. The molecule has 0 unspecified atom stereocenters. The molecule has 0 spiro atoms. The fraction of sp³-hybridized carbons (Fsp3) is 0.467. The standard InChI is InChI=1S/C15H22NO/c1-12-7-5-6-8-13(12)9-10-14(17)16-11-15(2,3)4/h5-9H,10-11H2,1-4H3,(H,16,17). The number of aryl methyl sites for hydroxylation is 1. The lowest BCUT2D eigenvalue weighted by Crippen LogP contribution is -2.32. The van der Waals surface area contributed by atoms with Crippen LogP contribution in [-0.4, -0.2) is 12.5 Å². The summed E-state index contributed by atoms with van der Waals surface area (Å²) in [5, 5.41) is 2.94. The Bertz CT molecular complexity index is 377. The summed E-state index contributed by atoms with van der Waals surface area (Å²) < 4.78 is 0. The normalized spacial score (nSPS) is 11.3. The Morgan fingerprint density at radius 2 is 1.94 bits per heavy atom. The van der Waals surface area contributed by atoms with E-state index < -0.39 is 0 Å². The van der Waals surface area contributed by atoms with E-state index in [0.717, 1.165) is 5.56 Å². The fourth-order valence-electron chi connectivity index (χ4n) is 1.45. The predicted octanol–water partition coefficient (Wildman–Crippen LogP) is 3.10. The maximum absolute atomic E-state index is 11.6. The number of carbonyl (C=O) groups excluding carboxylic acids is 1. The second-order valence-corrected chi connectivity index (χ2v) is 5.60. The van der Waals surface area contributed by atoms with Gasteiger partial charge in [0.1, 0.15) is 0 Å². The summed E-state index contributed by atoms with van der Waals surface area (Å²) in [6, 6.07) is 8.09. The van der Waals surface area contributed by atoms with Crippen molar-refractivity contribution in [3.8, 4) is 0 Å². The van der Waals surface area contributed by atoms with Gasteiger partial charge in [0.2, 0.25) is 5.91 Å². The molecule has 1 aromatic carbocycles. The van der Waals surface area contributed by atoms with E-state index in [1.165, 1.54) is 5.56 Å². The minimum atomic E-state index is 0.0863. The highest BCUT2D eigenvalue weighted by Crippen LogP contribution is 2.12. The van der Waals surface area contributed by atoms with Crippen molar-refractivity contribution in [1.82, 2.24) is 5.32 Å². The van der Waals surface area contributed by atoms with E-state index in [9.17, 15) is 4.79 Å². The average molecular weight is 232 g/mol. The minimum Gasteiger partial charge on any atom is -0.356 e. The lowest BCUT2D eigenvalue weighted by atomic mass is 9.97. The van der Waals surface area contributed by atoms with Gasteiger partial charge in [0.05, 0.1) is 0 Å². The summed E-state index contributed by atoms with van der Waals surface area (Å²) >= 11 is 0. The molecule has 0 aliphatic rings. The van der Waals surface area contributed by atoms with Crippen molar-refractivity contribution in [2.24, 2.45) is 5.41 Å². The van der Waals surface area contributed by atoms with Crippen molar-refractivity contribution < 1.29 is 4.79 Å². The Kier molecular flexibility index (Phi) is 4.73. The summed E-state index contributed by atoms with van der Waals surface area (Å²) in [4.78, 5) is 11.6. The van der Waals surface area contributed by atoms with Crippen molar-refractivity contribution >= 4 is 5.91 Å². The maximum Gasteiger partial charge on any atom is 0.220 e. The molecule has 2 nitrogen and oxygen atoms in total. The van der Waals surface area contributed by atoms with Crippen LogP contribution in [0.1, 0.15) is 38.3 Å². The summed E-state index contributed by atoms with van der Waals surface area (Å²) in [5.41, 5.74) is 2.48. The first-order chi connectivity index (χ1) is 7.88. The zero-order valence-electron chi connectivity index (χ0n) is 11.2. The van der Waals surface area contributed by atoms with E-state index in [1.54, 1.807) is 0 Å². The molecule has 0 heterocycles. The summed E-state index contributed by atoms with van der Waals surface area (Å²) in [6.45, 7) is 9.10. The number of hydrogen-bond acceptors (Lipinski definition) is 1. The van der Waals surface area contributed by atoms with Gasteiger partial charge in [-0.2, -0.15) is 0 Å². The van der Waals surface area contributed by atoms with Crippen LogP contribution in [0.2, 0.25) is 0 Å². The zero-order chi connectivity index (χ0) is 12.9. The van der Waals surface area contributed by atoms with Gasteiger partial charge in [-0.1, -0.05) is 45.0 Å². The average Bonchev–Trinajstić information content (AvgIpc) is 2.24. The van der Waals surface area contributed by atoms with Crippen LogP contribution in [0.4, 0.5) is 0 Å². The topological polar surface area (TPSA) is 29.1 Å². The van der Waals surface area contributed by atoms with Crippen LogP contribution in [0.3, 0.4) is 0 Å². The molecular weight excluding hydrogens is 210 g/mol. The Hall–Kier alpha value is -1.31. The van der Waals surface area contributed by atoms with Gasteiger partial charge in [0.15, 0.2) is 0 Å². The maximum atomic E-state index is 11.6. The second-order valence-electron chi connectivity index (χ2n) is 5.60. The largest absolute Gasteiger partial charge is 0.356 e. The van der Waals surface area contributed by atoms with E-state index in [0.29, 0.717) is 13.0 Å². The number of carbonyl (C=O) groups is 1. The van der Waals surface area contributed by atoms with Gasteiger partial charge < -0.3 is 5.32 Å². The van der Waals surface area contributed by atoms with Crippen LogP contribution in [-0.2, 0) is 4.79 Å². The Balaban J connectivity index is 2.36. The Morgan fingerprint density at radius 1 is 1.29 bits per heavy atom. The predicted molar refractivity (Wildman–Crippen MR) is 71.7 cm³/mol. The van der Waals surface area contributed by atoms with Crippen molar-refractivity contribution in [3.05, 3.63) is 41.8 Å². The fourth-order valence-corrected chi connectivity index (χ4v) is 1.45. The highest BCUT2D eigenvalue weighted by atomic mass is 16.1. The lowest BCUT2D eigenvalue weighted by Gasteiger charge is -2.18. The molecule has 0 atom stereocenters. The van der Waals surface area contributed by atoms with Gasteiger partial charge in [0, 0.05) is 19.4 Å². The quantitative estimate of drug-likeness (QED) is 0.849. The molecule has 93 valence electrons. The van der Waals surface area contributed by atoms with Crippen LogP contribution >= 0.6 is 0 Å². The number of benzene rings is 1. The summed E-state index contributed by atoms with van der Waals surface area (Å²) in [7, 11) is 0. The highest BCUT2D eigenvalue weighted by Gasteiger charge is 2.11. The van der Waals surface area contributed by atoms with Gasteiger partial charge in [-0.15, -0.1) is 0 Å². The first-order valence-corrected chi connectivity index (χ1v) is 6.04. The number of nitrogens with one attached hydrogen (secondary N) is 1. The first-order valence-electron chi connectivity index (χ1n) is 6.04. The van der Waals surface area contributed by atoms with Gasteiger partial charge in [0.25, 0.3) is 0 Å². The molecule has 1 N–H and O–H groups in total. The highest BCUT2D eigenvalue weighted by molar-refractivity contribution is 5.77. The summed E-state index contributed by atoms with van der Waals surface area (Å²) in [5.74, 6) is 0.0863. The third-order valence-electron chi connectivity index (χ3n) is 2.51. The molecule has 0 aliphatic heterocycles. The Labute approximate surface area is 104 Å². The first kappa shape index (κ1) is 13.8. The molecular formula is C15H22NO. The molecule has 17 heavy (non-hydrogen) atoms. The van der Waals surface area contributed by atoms with E-state index in [2.05, 4.69) is 39.1 Å². The van der Waals surface area contributed by atoms with Gasteiger partial charge in [-0.05, 0) is 23.5 Å². The van der Waals surface area contributed by atoms with Crippen molar-refractivity contribution in [2.75, 3.05) is 6.54 Å². The second kappa shape index (κ2) is 5.85. The summed E-state index contributed by atoms with van der Waals surface area (Å²) in [6.07, 6.45) is 2.42. The minimum absolute atomic E-state index is 0.0863. The van der Waals surface area contributed by atoms with Crippen LogP contribution in [0.25, 0.3) is 0 Å². The van der Waals surface area contributed by atoms with Gasteiger partial charge >= 0.3 is 0 Å². The molecule has 1 amide bonds. The van der Waals surface area contributed by atoms with Crippen molar-refractivity contribution in [3.63, 3.8) is 0 Å². The molecule has 0 saturated heterocycles. The monoisotopic (exact) mass is 232 g/mol. The lowest BCUT2D eigenvalue weighted by molar-refractivity contribution is -0.120. The van der Waals surface area contributed by atoms with Crippen LogP contribution in [0.5, 0.6) is 0 Å². The number of rotatable bonds is 4. The molecule has 2 heteroatoms. The van der Waals surface area contributed by atoms with Crippen LogP contribution in [0, 0.1) is 18.8 Å². The third kappa shape index (κ3) is 5.53. The molecule has 0 aliphatic carbocycles. The number of hydrogen-bond donors (Lipinski definition) is 1. The molecule has 0 fully saturated rings. The van der Waals surface area contributed by atoms with E-state index in [-0.39, 0.29) is 11.3 Å². The third-order valence-corrected chi connectivity index (χ3v) is 2.51. The molecule has 0 saturated carbocycles. The Morgan fingerprint density at radius 3 is 2.53 bits per heavy atom. The van der Waals surface area contributed by atoms with Gasteiger partial charge in [-0.3, -0.25) is 4.79 Å². The molecule has 0 aromatic heterocycles. The smallest absolute Gasteiger partial charge is 0.220 e. The van der Waals surface area contributed by atoms with Crippen molar-refractivity contribution in [2.45, 2.75) is 34.1 Å².